The van der Waals surface area contributed by atoms with E-state index in [9.17, 15) is 9.18 Å². The average molecular weight is 340 g/mol. The fraction of sp³-hybridized carbons (Fsp3) is 0.467. The maximum absolute atomic E-state index is 13.8. The smallest absolute Gasteiger partial charge is 0.267 e. The number of nitrogens with zero attached hydrogens (tertiary/aromatic N) is 3. The number of aromatic nitrogens is 3. The third-order valence-electron chi connectivity index (χ3n) is 4.01. The molecule has 8 heteroatoms. The molecule has 0 aliphatic carbocycles. The molecule has 1 fully saturated rings. The van der Waals surface area contributed by atoms with Gasteiger partial charge >= 0.3 is 0 Å². The molecular weight excluding hydrogens is 321 g/mol. The van der Waals surface area contributed by atoms with Crippen LogP contribution in [0.2, 0.25) is 5.02 Å². The maximum Gasteiger partial charge on any atom is 0.267 e. The van der Waals surface area contributed by atoms with Crippen LogP contribution in [0.15, 0.2) is 24.7 Å². The second-order valence-corrected chi connectivity index (χ2v) is 6.32. The molecule has 1 aliphatic heterocycles. The van der Waals surface area contributed by atoms with E-state index < -0.39 is 6.17 Å². The molecule has 0 aromatic carbocycles. The van der Waals surface area contributed by atoms with Crippen LogP contribution in [0.1, 0.15) is 22.5 Å². The van der Waals surface area contributed by atoms with Gasteiger partial charge in [-0.15, -0.1) is 0 Å². The molecule has 0 unspecified atom stereocenters. The third kappa shape index (κ3) is 3.92. The normalized spacial score (nSPS) is 21.7. The molecule has 2 aromatic rings. The summed E-state index contributed by atoms with van der Waals surface area (Å²) in [6.45, 7) is 1.41. The third-order valence-corrected chi connectivity index (χ3v) is 4.23. The largest absolute Gasteiger partial charge is 0.356 e. The summed E-state index contributed by atoms with van der Waals surface area (Å²) >= 11 is 5.79. The van der Waals surface area contributed by atoms with Gasteiger partial charge in [0.1, 0.15) is 11.9 Å². The van der Waals surface area contributed by atoms with Crippen LogP contribution in [0.25, 0.3) is 0 Å². The van der Waals surface area contributed by atoms with E-state index in [0.717, 1.165) is 5.56 Å². The van der Waals surface area contributed by atoms with Crippen molar-refractivity contribution in [3.8, 4) is 0 Å². The lowest BCUT2D eigenvalue weighted by Gasteiger charge is -2.23. The number of halogens is 2. The summed E-state index contributed by atoms with van der Waals surface area (Å²) in [5.41, 5.74) is 1.44. The predicted molar refractivity (Wildman–Crippen MR) is 85.1 cm³/mol. The zero-order valence-corrected chi connectivity index (χ0v) is 13.6. The summed E-state index contributed by atoms with van der Waals surface area (Å²) in [5, 5.41) is 7.45. The van der Waals surface area contributed by atoms with Crippen LogP contribution >= 0.6 is 11.6 Å². The fourth-order valence-corrected chi connectivity index (χ4v) is 3.08. The zero-order valence-electron chi connectivity index (χ0n) is 12.8. The lowest BCUT2D eigenvalue weighted by molar-refractivity contribution is 0.0935. The van der Waals surface area contributed by atoms with Crippen molar-refractivity contribution in [1.29, 1.82) is 0 Å². The van der Waals surface area contributed by atoms with Gasteiger partial charge in [0.15, 0.2) is 0 Å². The Morgan fingerprint density at radius 1 is 1.61 bits per heavy atom. The first kappa shape index (κ1) is 16.0. The number of likely N-dealkylation sites (tertiary alicyclic amines) is 1. The van der Waals surface area contributed by atoms with Gasteiger partial charge in [-0.25, -0.2) is 4.39 Å². The van der Waals surface area contributed by atoms with Crippen LogP contribution in [0, 0.1) is 0 Å². The molecule has 2 atom stereocenters. The maximum atomic E-state index is 13.8. The fourth-order valence-electron chi connectivity index (χ4n) is 2.92. The SMILES string of the molecule is Cn1cc(CN2C[C@@H](F)C[C@H]2CNC(=O)c2cc(Cl)c[nH]2)cn1. The minimum Gasteiger partial charge on any atom is -0.356 e. The molecule has 0 spiro atoms. The predicted octanol–water partition coefficient (Wildman–Crippen LogP) is 1.74. The van der Waals surface area contributed by atoms with Crippen molar-refractivity contribution in [3.05, 3.63) is 40.9 Å². The summed E-state index contributed by atoms with van der Waals surface area (Å²) in [7, 11) is 1.85. The van der Waals surface area contributed by atoms with Gasteiger partial charge in [0.05, 0.1) is 11.2 Å². The lowest BCUT2D eigenvalue weighted by atomic mass is 10.2. The van der Waals surface area contributed by atoms with E-state index >= 15 is 0 Å². The van der Waals surface area contributed by atoms with Crippen LogP contribution in [0.3, 0.4) is 0 Å². The highest BCUT2D eigenvalue weighted by molar-refractivity contribution is 6.30. The second-order valence-electron chi connectivity index (χ2n) is 5.88. The number of H-pyrrole nitrogens is 1. The van der Waals surface area contributed by atoms with Crippen molar-refractivity contribution in [3.63, 3.8) is 0 Å². The molecule has 1 saturated heterocycles. The number of nitrogens with one attached hydrogen (secondary N) is 2. The van der Waals surface area contributed by atoms with Crippen LogP contribution in [-0.4, -0.2) is 50.9 Å². The van der Waals surface area contributed by atoms with Crippen molar-refractivity contribution in [1.82, 2.24) is 25.0 Å². The number of hydrogen-bond acceptors (Lipinski definition) is 3. The standard InChI is InChI=1S/C15H19ClFN5O/c1-21-7-10(4-20-21)8-22-9-12(17)3-13(22)6-19-15(23)14-2-11(16)5-18-14/h2,4-5,7,12-13,18H,3,6,8-9H2,1H3,(H,19,23)/t12-,13-/m0/s1. The second kappa shape index (κ2) is 6.72. The van der Waals surface area contributed by atoms with Crippen LogP contribution < -0.4 is 5.32 Å². The molecule has 3 heterocycles. The number of rotatable bonds is 5. The molecule has 6 nitrogen and oxygen atoms in total. The quantitative estimate of drug-likeness (QED) is 0.872. The van der Waals surface area contributed by atoms with Gasteiger partial charge in [0.2, 0.25) is 0 Å². The Hall–Kier alpha value is -1.86. The van der Waals surface area contributed by atoms with Gasteiger partial charge < -0.3 is 10.3 Å². The van der Waals surface area contributed by atoms with E-state index in [2.05, 4.69) is 15.4 Å². The lowest BCUT2D eigenvalue weighted by Crippen LogP contribution is -2.39. The summed E-state index contributed by atoms with van der Waals surface area (Å²) < 4.78 is 15.5. The molecule has 0 saturated carbocycles. The van der Waals surface area contributed by atoms with Gasteiger partial charge in [-0.1, -0.05) is 11.6 Å². The molecule has 1 aliphatic rings. The zero-order chi connectivity index (χ0) is 16.4. The number of carbonyl (C=O) groups excluding carboxylic acids is 1. The number of aryl methyl sites for hydroxylation is 1. The van der Waals surface area contributed by atoms with E-state index in [1.54, 1.807) is 23.1 Å². The Morgan fingerprint density at radius 3 is 3.09 bits per heavy atom. The molecule has 1 amide bonds. The highest BCUT2D eigenvalue weighted by Gasteiger charge is 2.32. The van der Waals surface area contributed by atoms with Crippen molar-refractivity contribution in [2.45, 2.75) is 25.2 Å². The molecule has 124 valence electrons. The van der Waals surface area contributed by atoms with Crippen molar-refractivity contribution >= 4 is 17.5 Å². The van der Waals surface area contributed by atoms with Gasteiger partial charge in [-0.2, -0.15) is 5.10 Å². The molecule has 0 bridgehead atoms. The average Bonchev–Trinajstić information content (AvgIpc) is 3.19. The van der Waals surface area contributed by atoms with Crippen molar-refractivity contribution in [2.24, 2.45) is 7.05 Å². The Bertz CT molecular complexity index is 685. The van der Waals surface area contributed by atoms with Crippen LogP contribution in [0.4, 0.5) is 4.39 Å². The first-order valence-corrected chi connectivity index (χ1v) is 7.87. The Morgan fingerprint density at radius 2 is 2.43 bits per heavy atom. The molecule has 2 aromatic heterocycles. The highest BCUT2D eigenvalue weighted by atomic mass is 35.5. The molecular formula is C15H19ClFN5O. The van der Waals surface area contributed by atoms with Gasteiger partial charge in [-0.05, 0) is 12.5 Å². The van der Waals surface area contributed by atoms with Crippen molar-refractivity contribution in [2.75, 3.05) is 13.1 Å². The monoisotopic (exact) mass is 339 g/mol. The van der Waals surface area contributed by atoms with Gasteiger partial charge in [0, 0.05) is 50.7 Å². The van der Waals surface area contributed by atoms with E-state index in [-0.39, 0.29) is 11.9 Å². The summed E-state index contributed by atoms with van der Waals surface area (Å²) in [4.78, 5) is 16.9. The van der Waals surface area contributed by atoms with E-state index in [1.165, 1.54) is 0 Å². The Balaban J connectivity index is 1.57. The Kier molecular flexibility index (Phi) is 4.68. The molecule has 2 N–H and O–H groups in total. The summed E-state index contributed by atoms with van der Waals surface area (Å²) in [6.07, 6.45) is 4.81. The van der Waals surface area contributed by atoms with E-state index in [1.807, 2.05) is 18.1 Å². The van der Waals surface area contributed by atoms with Crippen LogP contribution in [0.5, 0.6) is 0 Å². The molecule has 3 rings (SSSR count). The summed E-state index contributed by atoms with van der Waals surface area (Å²) in [5.74, 6) is -0.236. The van der Waals surface area contributed by atoms with Gasteiger partial charge in [-0.3, -0.25) is 14.4 Å². The summed E-state index contributed by atoms with van der Waals surface area (Å²) in [6, 6.07) is 1.54. The topological polar surface area (TPSA) is 65.9 Å². The number of aromatic amines is 1. The first-order valence-electron chi connectivity index (χ1n) is 7.49. The van der Waals surface area contributed by atoms with E-state index in [0.29, 0.717) is 36.8 Å². The number of carbonyl (C=O) groups is 1. The highest BCUT2D eigenvalue weighted by Crippen LogP contribution is 2.22. The minimum atomic E-state index is -0.867. The van der Waals surface area contributed by atoms with E-state index in [4.69, 9.17) is 11.6 Å². The van der Waals surface area contributed by atoms with Gasteiger partial charge in [0.25, 0.3) is 5.91 Å². The number of amides is 1. The minimum absolute atomic E-state index is 0.0282. The molecule has 23 heavy (non-hydrogen) atoms. The van der Waals surface area contributed by atoms with Crippen LogP contribution in [-0.2, 0) is 13.6 Å². The number of alkyl halides is 1. The molecule has 0 radical (unpaired) electrons. The first-order chi connectivity index (χ1) is 11.0. The van der Waals surface area contributed by atoms with Crippen molar-refractivity contribution < 1.29 is 9.18 Å². The number of hydrogen-bond donors (Lipinski definition) is 2. The Labute approximate surface area is 138 Å².